The van der Waals surface area contributed by atoms with E-state index >= 15 is 0 Å². The Morgan fingerprint density at radius 2 is 2.24 bits per heavy atom. The summed E-state index contributed by atoms with van der Waals surface area (Å²) in [5, 5.41) is 13.0. The van der Waals surface area contributed by atoms with Crippen molar-refractivity contribution in [3.63, 3.8) is 0 Å². The standard InChI is InChI=1S/C15H22N2O4/c1-17-7-6-14(15(17)19)16-9-11(18)10-21-13-5-3-4-12(8-13)20-2/h3-5,8,11,14,16,18H,6-7,9-10H2,1-2H3. The molecule has 0 saturated carbocycles. The van der Waals surface area contributed by atoms with Crippen LogP contribution in [0.15, 0.2) is 24.3 Å². The molecule has 0 aliphatic carbocycles. The maximum absolute atomic E-state index is 11.7. The fourth-order valence-electron chi connectivity index (χ4n) is 2.23. The zero-order valence-corrected chi connectivity index (χ0v) is 12.4. The molecule has 1 amide bonds. The van der Waals surface area contributed by atoms with Crippen molar-refractivity contribution in [3.8, 4) is 11.5 Å². The Labute approximate surface area is 124 Å². The van der Waals surface area contributed by atoms with Gasteiger partial charge in [-0.25, -0.2) is 0 Å². The van der Waals surface area contributed by atoms with Crippen LogP contribution in [0.2, 0.25) is 0 Å². The molecular weight excluding hydrogens is 272 g/mol. The van der Waals surface area contributed by atoms with Crippen LogP contribution in [0.5, 0.6) is 11.5 Å². The number of likely N-dealkylation sites (tertiary alicyclic amines) is 1. The topological polar surface area (TPSA) is 71.0 Å². The summed E-state index contributed by atoms with van der Waals surface area (Å²) >= 11 is 0. The van der Waals surface area contributed by atoms with Gasteiger partial charge in [-0.3, -0.25) is 4.79 Å². The predicted molar refractivity (Wildman–Crippen MR) is 78.5 cm³/mol. The Bertz CT molecular complexity index is 480. The molecule has 0 radical (unpaired) electrons. The van der Waals surface area contributed by atoms with Crippen molar-refractivity contribution in [2.75, 3.05) is 33.9 Å². The van der Waals surface area contributed by atoms with Crippen molar-refractivity contribution < 1.29 is 19.4 Å². The van der Waals surface area contributed by atoms with Gasteiger partial charge in [-0.2, -0.15) is 0 Å². The number of ether oxygens (including phenoxy) is 2. The molecule has 1 aromatic rings. The Hall–Kier alpha value is -1.79. The van der Waals surface area contributed by atoms with E-state index in [1.807, 2.05) is 12.1 Å². The normalized spacial score (nSPS) is 19.7. The van der Waals surface area contributed by atoms with E-state index in [1.54, 1.807) is 31.2 Å². The fourth-order valence-corrected chi connectivity index (χ4v) is 2.23. The van der Waals surface area contributed by atoms with Gasteiger partial charge in [0.15, 0.2) is 0 Å². The second-order valence-corrected chi connectivity index (χ2v) is 5.15. The molecule has 1 fully saturated rings. The highest BCUT2D eigenvalue weighted by atomic mass is 16.5. The molecule has 6 heteroatoms. The Morgan fingerprint density at radius 1 is 1.48 bits per heavy atom. The molecule has 1 saturated heterocycles. The second-order valence-electron chi connectivity index (χ2n) is 5.15. The van der Waals surface area contributed by atoms with Crippen molar-refractivity contribution >= 4 is 5.91 Å². The van der Waals surface area contributed by atoms with Crippen LogP contribution in [0.25, 0.3) is 0 Å². The van der Waals surface area contributed by atoms with Crippen LogP contribution in [0.4, 0.5) is 0 Å². The van der Waals surface area contributed by atoms with Gasteiger partial charge in [0.05, 0.1) is 13.2 Å². The number of likely N-dealkylation sites (N-methyl/N-ethyl adjacent to an activating group) is 1. The van der Waals surface area contributed by atoms with E-state index < -0.39 is 6.10 Å². The summed E-state index contributed by atoms with van der Waals surface area (Å²) < 4.78 is 10.6. The third-order valence-corrected chi connectivity index (χ3v) is 3.51. The molecule has 0 aromatic heterocycles. The van der Waals surface area contributed by atoms with E-state index in [-0.39, 0.29) is 18.6 Å². The largest absolute Gasteiger partial charge is 0.497 e. The minimum Gasteiger partial charge on any atom is -0.497 e. The van der Waals surface area contributed by atoms with Crippen molar-refractivity contribution in [2.24, 2.45) is 0 Å². The lowest BCUT2D eigenvalue weighted by molar-refractivity contribution is -0.128. The highest BCUT2D eigenvalue weighted by Gasteiger charge is 2.28. The molecule has 0 spiro atoms. The highest BCUT2D eigenvalue weighted by Crippen LogP contribution is 2.18. The summed E-state index contributed by atoms with van der Waals surface area (Å²) in [6.45, 7) is 1.25. The van der Waals surface area contributed by atoms with E-state index in [4.69, 9.17) is 9.47 Å². The number of methoxy groups -OCH3 is 1. The van der Waals surface area contributed by atoms with E-state index in [0.717, 1.165) is 13.0 Å². The summed E-state index contributed by atoms with van der Waals surface area (Å²) in [7, 11) is 3.37. The second kappa shape index (κ2) is 7.28. The van der Waals surface area contributed by atoms with Gasteiger partial charge >= 0.3 is 0 Å². The number of hydrogen-bond donors (Lipinski definition) is 2. The number of amides is 1. The lowest BCUT2D eigenvalue weighted by Gasteiger charge is -2.16. The van der Waals surface area contributed by atoms with Crippen molar-refractivity contribution in [1.29, 1.82) is 0 Å². The first-order valence-corrected chi connectivity index (χ1v) is 7.03. The van der Waals surface area contributed by atoms with E-state index in [9.17, 15) is 9.90 Å². The van der Waals surface area contributed by atoms with Gasteiger partial charge in [0.25, 0.3) is 0 Å². The third-order valence-electron chi connectivity index (χ3n) is 3.51. The van der Waals surface area contributed by atoms with Crippen molar-refractivity contribution in [3.05, 3.63) is 24.3 Å². The molecule has 21 heavy (non-hydrogen) atoms. The summed E-state index contributed by atoms with van der Waals surface area (Å²) in [5.41, 5.74) is 0. The molecule has 6 nitrogen and oxygen atoms in total. The zero-order valence-electron chi connectivity index (χ0n) is 12.4. The summed E-state index contributed by atoms with van der Waals surface area (Å²) in [4.78, 5) is 13.4. The number of nitrogens with one attached hydrogen (secondary N) is 1. The Morgan fingerprint density at radius 3 is 2.90 bits per heavy atom. The van der Waals surface area contributed by atoms with Gasteiger partial charge in [0.2, 0.25) is 5.91 Å². The highest BCUT2D eigenvalue weighted by molar-refractivity contribution is 5.83. The number of carbonyl (C=O) groups is 1. The number of aliphatic hydroxyl groups excluding tert-OH is 1. The molecule has 2 rings (SSSR count). The smallest absolute Gasteiger partial charge is 0.239 e. The van der Waals surface area contributed by atoms with Crippen LogP contribution in [0, 0.1) is 0 Å². The average molecular weight is 294 g/mol. The van der Waals surface area contributed by atoms with E-state index in [0.29, 0.717) is 18.0 Å². The Balaban J connectivity index is 1.72. The van der Waals surface area contributed by atoms with Crippen LogP contribution in [0.1, 0.15) is 6.42 Å². The first-order valence-electron chi connectivity index (χ1n) is 7.03. The number of nitrogens with zero attached hydrogens (tertiary/aromatic N) is 1. The predicted octanol–water partition coefficient (Wildman–Crippen LogP) is 0.255. The molecular formula is C15H22N2O4. The van der Waals surface area contributed by atoms with E-state index in [2.05, 4.69) is 5.32 Å². The fraction of sp³-hybridized carbons (Fsp3) is 0.533. The SMILES string of the molecule is COc1cccc(OCC(O)CNC2CCN(C)C2=O)c1. The van der Waals surface area contributed by atoms with Gasteiger partial charge in [0, 0.05) is 26.2 Å². The molecule has 0 bridgehead atoms. The number of carbonyl (C=O) groups excluding carboxylic acids is 1. The maximum Gasteiger partial charge on any atom is 0.239 e. The number of benzene rings is 1. The molecule has 1 aliphatic rings. The van der Waals surface area contributed by atoms with Crippen LogP contribution >= 0.6 is 0 Å². The zero-order chi connectivity index (χ0) is 15.2. The summed E-state index contributed by atoms with van der Waals surface area (Å²) in [5.74, 6) is 1.43. The number of rotatable bonds is 7. The lowest BCUT2D eigenvalue weighted by atomic mass is 10.2. The van der Waals surface area contributed by atoms with Crippen LogP contribution in [-0.2, 0) is 4.79 Å². The summed E-state index contributed by atoms with van der Waals surface area (Å²) in [6.07, 6.45) is 0.105. The van der Waals surface area contributed by atoms with E-state index in [1.165, 1.54) is 0 Å². The Kier molecular flexibility index (Phi) is 5.41. The van der Waals surface area contributed by atoms with Gasteiger partial charge in [0.1, 0.15) is 24.2 Å². The van der Waals surface area contributed by atoms with Crippen LogP contribution < -0.4 is 14.8 Å². The average Bonchev–Trinajstić information content (AvgIpc) is 2.83. The van der Waals surface area contributed by atoms with Crippen molar-refractivity contribution in [1.82, 2.24) is 10.2 Å². The monoisotopic (exact) mass is 294 g/mol. The molecule has 116 valence electrons. The maximum atomic E-state index is 11.7. The molecule has 2 atom stereocenters. The quantitative estimate of drug-likeness (QED) is 0.754. The number of aliphatic hydroxyl groups is 1. The van der Waals surface area contributed by atoms with Crippen molar-refractivity contribution in [2.45, 2.75) is 18.6 Å². The molecule has 1 heterocycles. The first kappa shape index (κ1) is 15.6. The first-order chi connectivity index (χ1) is 10.1. The lowest BCUT2D eigenvalue weighted by Crippen LogP contribution is -2.42. The molecule has 2 unspecified atom stereocenters. The molecule has 2 N–H and O–H groups in total. The number of hydrogen-bond acceptors (Lipinski definition) is 5. The van der Waals surface area contributed by atoms with Crippen LogP contribution in [0.3, 0.4) is 0 Å². The van der Waals surface area contributed by atoms with Gasteiger partial charge < -0.3 is 24.8 Å². The molecule has 1 aliphatic heterocycles. The third kappa shape index (κ3) is 4.34. The van der Waals surface area contributed by atoms with Gasteiger partial charge in [-0.1, -0.05) is 6.07 Å². The summed E-state index contributed by atoms with van der Waals surface area (Å²) in [6, 6.07) is 7.02. The van der Waals surface area contributed by atoms with Crippen LogP contribution in [-0.4, -0.2) is 61.9 Å². The minimum absolute atomic E-state index is 0.0796. The van der Waals surface area contributed by atoms with Gasteiger partial charge in [-0.15, -0.1) is 0 Å². The molecule has 1 aromatic carbocycles. The minimum atomic E-state index is -0.671. The van der Waals surface area contributed by atoms with Gasteiger partial charge in [-0.05, 0) is 18.6 Å².